The van der Waals surface area contributed by atoms with Crippen LogP contribution >= 0.6 is 0 Å². The quantitative estimate of drug-likeness (QED) is 0.591. The van der Waals surface area contributed by atoms with Crippen LogP contribution in [0.4, 0.5) is 0 Å². The summed E-state index contributed by atoms with van der Waals surface area (Å²) in [6.07, 6.45) is 6.18. The van der Waals surface area contributed by atoms with Gasteiger partial charge in [-0.05, 0) is 19.4 Å². The Balaban J connectivity index is 2.18. The van der Waals surface area contributed by atoms with Gasteiger partial charge in [0.2, 0.25) is 0 Å². The summed E-state index contributed by atoms with van der Waals surface area (Å²) in [5, 5.41) is 4.09. The number of allylic oxidation sites excluding steroid dienone is 1. The van der Waals surface area contributed by atoms with Gasteiger partial charge in [-0.2, -0.15) is 5.10 Å². The van der Waals surface area contributed by atoms with E-state index >= 15 is 0 Å². The van der Waals surface area contributed by atoms with Gasteiger partial charge >= 0.3 is 0 Å². The third-order valence-electron chi connectivity index (χ3n) is 2.72. The molecule has 0 amide bonds. The highest BCUT2D eigenvalue weighted by atomic mass is 16.1. The second-order valence-corrected chi connectivity index (χ2v) is 3.79. The molecular formula is C11H15N3O. The van der Waals surface area contributed by atoms with Crippen molar-refractivity contribution in [3.8, 4) is 0 Å². The number of nitrogens with two attached hydrogens (primary N) is 1. The van der Waals surface area contributed by atoms with Gasteiger partial charge < -0.3 is 5.73 Å². The van der Waals surface area contributed by atoms with E-state index in [9.17, 15) is 4.79 Å². The summed E-state index contributed by atoms with van der Waals surface area (Å²) in [4.78, 5) is 12.1. The molecule has 4 nitrogen and oxygen atoms in total. The lowest BCUT2D eigenvalue weighted by atomic mass is 10.0. The molecule has 1 aliphatic rings. The molecule has 1 aromatic heterocycles. The lowest BCUT2D eigenvalue weighted by Gasteiger charge is -2.09. The summed E-state index contributed by atoms with van der Waals surface area (Å²) in [7, 11) is 0. The lowest BCUT2D eigenvalue weighted by Crippen LogP contribution is -2.21. The standard InChI is InChI=1S/C11H15N3O/c1-2-14-10(5-6-13-14)11(15)8-3-4-9(12)7-8/h3-6,8-9H,2,7,12H2,1H3. The van der Waals surface area contributed by atoms with Crippen LogP contribution in [0.3, 0.4) is 0 Å². The minimum absolute atomic E-state index is 0.0250. The normalized spacial score (nSPS) is 24.7. The first-order valence-corrected chi connectivity index (χ1v) is 5.22. The molecule has 4 heteroatoms. The molecule has 2 rings (SSSR count). The molecule has 1 aliphatic carbocycles. The van der Waals surface area contributed by atoms with E-state index in [0.29, 0.717) is 12.1 Å². The molecule has 80 valence electrons. The third kappa shape index (κ3) is 1.85. The smallest absolute Gasteiger partial charge is 0.187 e. The Morgan fingerprint density at radius 1 is 1.67 bits per heavy atom. The van der Waals surface area contributed by atoms with Gasteiger partial charge in [0.25, 0.3) is 0 Å². The number of carbonyl (C=O) groups is 1. The number of aryl methyl sites for hydroxylation is 1. The molecule has 1 heterocycles. The van der Waals surface area contributed by atoms with Crippen LogP contribution in [0.2, 0.25) is 0 Å². The first-order valence-electron chi connectivity index (χ1n) is 5.22. The van der Waals surface area contributed by atoms with Crippen molar-refractivity contribution in [2.45, 2.75) is 25.9 Å². The van der Waals surface area contributed by atoms with Crippen LogP contribution in [0.15, 0.2) is 24.4 Å². The highest BCUT2D eigenvalue weighted by Gasteiger charge is 2.25. The maximum Gasteiger partial charge on any atom is 0.187 e. The summed E-state index contributed by atoms with van der Waals surface area (Å²) in [6, 6.07) is 1.79. The number of hydrogen-bond donors (Lipinski definition) is 1. The van der Waals surface area contributed by atoms with Crippen molar-refractivity contribution in [3.05, 3.63) is 30.1 Å². The molecule has 0 fully saturated rings. The van der Waals surface area contributed by atoms with E-state index in [1.807, 2.05) is 19.1 Å². The molecular weight excluding hydrogens is 190 g/mol. The van der Waals surface area contributed by atoms with Crippen LogP contribution in [-0.2, 0) is 6.54 Å². The van der Waals surface area contributed by atoms with Crippen LogP contribution < -0.4 is 5.73 Å². The number of nitrogens with zero attached hydrogens (tertiary/aromatic N) is 2. The van der Waals surface area contributed by atoms with E-state index in [-0.39, 0.29) is 17.7 Å². The zero-order valence-electron chi connectivity index (χ0n) is 8.76. The minimum Gasteiger partial charge on any atom is -0.324 e. The number of ketones is 1. The predicted molar refractivity (Wildman–Crippen MR) is 57.5 cm³/mol. The van der Waals surface area contributed by atoms with Gasteiger partial charge in [-0.25, -0.2) is 0 Å². The van der Waals surface area contributed by atoms with Crippen molar-refractivity contribution in [2.75, 3.05) is 0 Å². The number of aromatic nitrogens is 2. The predicted octanol–water partition coefficient (Wildman–Crippen LogP) is 0.989. The van der Waals surface area contributed by atoms with Gasteiger partial charge in [-0.3, -0.25) is 9.48 Å². The molecule has 0 spiro atoms. The third-order valence-corrected chi connectivity index (χ3v) is 2.72. The molecule has 0 radical (unpaired) electrons. The highest BCUT2D eigenvalue weighted by molar-refractivity contribution is 5.97. The topological polar surface area (TPSA) is 60.9 Å². The first kappa shape index (κ1) is 10.1. The molecule has 2 unspecified atom stereocenters. The maximum absolute atomic E-state index is 12.1. The van der Waals surface area contributed by atoms with Crippen molar-refractivity contribution >= 4 is 5.78 Å². The summed E-state index contributed by atoms with van der Waals surface area (Å²) < 4.78 is 1.72. The maximum atomic E-state index is 12.1. The Morgan fingerprint density at radius 2 is 2.47 bits per heavy atom. The van der Waals surface area contributed by atoms with E-state index in [1.54, 1.807) is 16.9 Å². The van der Waals surface area contributed by atoms with E-state index < -0.39 is 0 Å². The zero-order valence-corrected chi connectivity index (χ0v) is 8.76. The summed E-state index contributed by atoms with van der Waals surface area (Å²) in [5.74, 6) is 0.0561. The van der Waals surface area contributed by atoms with Crippen molar-refractivity contribution < 1.29 is 4.79 Å². The Hall–Kier alpha value is -1.42. The van der Waals surface area contributed by atoms with Gasteiger partial charge in [0.1, 0.15) is 5.69 Å². The SMILES string of the molecule is CCn1nccc1C(=O)C1C=CC(N)C1. The molecule has 2 atom stereocenters. The van der Waals surface area contributed by atoms with Crippen LogP contribution in [0.5, 0.6) is 0 Å². The number of carbonyl (C=O) groups excluding carboxylic acids is 1. The highest BCUT2D eigenvalue weighted by Crippen LogP contribution is 2.21. The van der Waals surface area contributed by atoms with Crippen molar-refractivity contribution in [2.24, 2.45) is 11.7 Å². The number of rotatable bonds is 3. The Morgan fingerprint density at radius 3 is 3.07 bits per heavy atom. The summed E-state index contributed by atoms with van der Waals surface area (Å²) in [6.45, 7) is 2.69. The molecule has 0 bridgehead atoms. The van der Waals surface area contributed by atoms with Crippen molar-refractivity contribution in [1.82, 2.24) is 9.78 Å². The minimum atomic E-state index is -0.0676. The summed E-state index contributed by atoms with van der Waals surface area (Å²) in [5.41, 5.74) is 6.41. The van der Waals surface area contributed by atoms with Gasteiger partial charge in [0, 0.05) is 24.7 Å². The van der Waals surface area contributed by atoms with Gasteiger partial charge in [-0.1, -0.05) is 12.2 Å². The Labute approximate surface area is 88.8 Å². The molecule has 1 aromatic rings. The first-order chi connectivity index (χ1) is 7.22. The lowest BCUT2D eigenvalue weighted by molar-refractivity contribution is 0.0932. The second kappa shape index (κ2) is 3.98. The van der Waals surface area contributed by atoms with Crippen molar-refractivity contribution in [3.63, 3.8) is 0 Å². The summed E-state index contributed by atoms with van der Waals surface area (Å²) >= 11 is 0. The largest absolute Gasteiger partial charge is 0.324 e. The van der Waals surface area contributed by atoms with E-state index in [2.05, 4.69) is 5.10 Å². The van der Waals surface area contributed by atoms with Crippen LogP contribution in [0.1, 0.15) is 23.8 Å². The molecule has 0 aromatic carbocycles. The zero-order chi connectivity index (χ0) is 10.8. The molecule has 0 saturated carbocycles. The average Bonchev–Trinajstić information content (AvgIpc) is 2.84. The second-order valence-electron chi connectivity index (χ2n) is 3.79. The van der Waals surface area contributed by atoms with Crippen LogP contribution in [0, 0.1) is 5.92 Å². The molecule has 2 N–H and O–H groups in total. The average molecular weight is 205 g/mol. The van der Waals surface area contributed by atoms with Gasteiger partial charge in [0.15, 0.2) is 5.78 Å². The molecule has 15 heavy (non-hydrogen) atoms. The number of Topliss-reactive ketones (excluding diaryl/α,β-unsaturated/α-hetero) is 1. The van der Waals surface area contributed by atoms with Crippen molar-refractivity contribution in [1.29, 1.82) is 0 Å². The Kier molecular flexibility index (Phi) is 2.68. The van der Waals surface area contributed by atoms with E-state index in [1.165, 1.54) is 0 Å². The van der Waals surface area contributed by atoms with E-state index in [4.69, 9.17) is 5.73 Å². The monoisotopic (exact) mass is 205 g/mol. The number of hydrogen-bond acceptors (Lipinski definition) is 3. The van der Waals surface area contributed by atoms with Crippen LogP contribution in [-0.4, -0.2) is 21.6 Å². The van der Waals surface area contributed by atoms with Gasteiger partial charge in [-0.15, -0.1) is 0 Å². The molecule has 0 aliphatic heterocycles. The fraction of sp³-hybridized carbons (Fsp3) is 0.455. The Bertz CT molecular complexity index is 394. The fourth-order valence-electron chi connectivity index (χ4n) is 1.91. The van der Waals surface area contributed by atoms with Gasteiger partial charge in [0.05, 0.1) is 0 Å². The van der Waals surface area contributed by atoms with E-state index in [0.717, 1.165) is 6.54 Å². The molecule has 0 saturated heterocycles. The fourth-order valence-corrected chi connectivity index (χ4v) is 1.91. The van der Waals surface area contributed by atoms with Crippen LogP contribution in [0.25, 0.3) is 0 Å².